The first-order valence-electron chi connectivity index (χ1n) is 22.0. The Kier molecular flexibility index (Phi) is 11.6. The topological polar surface area (TPSA) is 187 Å². The maximum atomic E-state index is 13.1. The van der Waals surface area contributed by atoms with Crippen LogP contribution in [-0.4, -0.2) is 54.0 Å². The fourth-order valence-corrected chi connectivity index (χ4v) is 12.6. The number of allylic oxidation sites excluding steroid dienone is 2. The summed E-state index contributed by atoms with van der Waals surface area (Å²) in [4.78, 5) is 63.1. The number of hydrogen-bond acceptors (Lipinski definition) is 12. The molecule has 12 nitrogen and oxygen atoms in total. The number of carboxylic acid groups (broad SMARTS) is 2. The van der Waals surface area contributed by atoms with Crippen LogP contribution in [0.4, 0.5) is 0 Å². The van der Waals surface area contributed by atoms with Gasteiger partial charge in [0.25, 0.3) is 11.8 Å². The Morgan fingerprint density at radius 3 is 1.35 bits per heavy atom. The van der Waals surface area contributed by atoms with Gasteiger partial charge in [-0.3, -0.25) is 9.59 Å². The highest BCUT2D eigenvalue weighted by molar-refractivity contribution is 7.13. The van der Waals surface area contributed by atoms with E-state index >= 15 is 0 Å². The molecule has 6 aliphatic rings. The van der Waals surface area contributed by atoms with E-state index in [1.807, 2.05) is 0 Å². The summed E-state index contributed by atoms with van der Waals surface area (Å²) in [5.74, 6) is 2.72. The average molecular weight is 853 g/mol. The summed E-state index contributed by atoms with van der Waals surface area (Å²) in [6.07, 6.45) is 17.0. The van der Waals surface area contributed by atoms with E-state index in [0.29, 0.717) is 83.4 Å². The number of ketones is 2. The van der Waals surface area contributed by atoms with Crippen LogP contribution in [0.2, 0.25) is 0 Å². The van der Waals surface area contributed by atoms with Gasteiger partial charge in [-0.2, -0.15) is 9.97 Å². The highest BCUT2D eigenvalue weighted by Gasteiger charge is 2.36. The average Bonchev–Trinajstić information content (AvgIpc) is 3.78. The van der Waals surface area contributed by atoms with Crippen molar-refractivity contribution in [3.05, 3.63) is 64.6 Å². The van der Waals surface area contributed by atoms with E-state index in [1.165, 1.54) is 20.9 Å². The van der Waals surface area contributed by atoms with Gasteiger partial charge < -0.3 is 19.3 Å². The molecule has 10 rings (SSSR count). The quantitative estimate of drug-likeness (QED) is 0.122. The van der Waals surface area contributed by atoms with Gasteiger partial charge in [-0.15, -0.1) is 22.7 Å². The van der Waals surface area contributed by atoms with Crippen LogP contribution in [0.3, 0.4) is 0 Å². The van der Waals surface area contributed by atoms with Crippen LogP contribution < -0.4 is 0 Å². The number of thiophene rings is 2. The summed E-state index contributed by atoms with van der Waals surface area (Å²) >= 11 is 3.37. The van der Waals surface area contributed by atoms with Gasteiger partial charge in [-0.1, -0.05) is 37.0 Å². The van der Waals surface area contributed by atoms with Gasteiger partial charge in [0.05, 0.1) is 11.1 Å². The van der Waals surface area contributed by atoms with Crippen molar-refractivity contribution in [2.75, 3.05) is 0 Å². The Morgan fingerprint density at radius 1 is 0.583 bits per heavy atom. The smallest absolute Gasteiger partial charge is 0.331 e. The van der Waals surface area contributed by atoms with Crippen LogP contribution in [0.25, 0.3) is 22.9 Å². The van der Waals surface area contributed by atoms with Crippen molar-refractivity contribution < 1.29 is 38.4 Å². The van der Waals surface area contributed by atoms with Crippen LogP contribution in [-0.2, 0) is 57.7 Å². The summed E-state index contributed by atoms with van der Waals surface area (Å²) in [5, 5.41) is 27.3. The molecule has 2 N–H and O–H groups in total. The van der Waals surface area contributed by atoms with Crippen molar-refractivity contribution in [2.24, 2.45) is 11.8 Å². The lowest BCUT2D eigenvalue weighted by Gasteiger charge is -2.20. The number of fused-ring (bicyclic) bond motifs is 2. The molecule has 4 aromatic rings. The fourth-order valence-electron chi connectivity index (χ4n) is 9.63. The fraction of sp³-hybridized carbons (Fsp3) is 0.565. The van der Waals surface area contributed by atoms with Gasteiger partial charge in [0.1, 0.15) is 0 Å². The Balaban J connectivity index is 0.000000154. The zero-order valence-corrected chi connectivity index (χ0v) is 36.0. The first kappa shape index (κ1) is 40.8. The van der Waals surface area contributed by atoms with Crippen LogP contribution >= 0.6 is 22.7 Å². The molecule has 4 heterocycles. The van der Waals surface area contributed by atoms with E-state index in [-0.39, 0.29) is 24.4 Å². The maximum Gasteiger partial charge on any atom is 0.331 e. The lowest BCUT2D eigenvalue weighted by Crippen LogP contribution is -2.12. The predicted molar refractivity (Wildman–Crippen MR) is 225 cm³/mol. The van der Waals surface area contributed by atoms with Crippen molar-refractivity contribution in [3.8, 4) is 22.9 Å². The normalized spacial score (nSPS) is 21.2. The van der Waals surface area contributed by atoms with Crippen LogP contribution in [0.15, 0.2) is 31.3 Å². The van der Waals surface area contributed by atoms with Crippen LogP contribution in [0, 0.1) is 11.8 Å². The van der Waals surface area contributed by atoms with Crippen molar-refractivity contribution in [2.45, 2.75) is 154 Å². The second-order valence-corrected chi connectivity index (χ2v) is 19.9. The van der Waals surface area contributed by atoms with Gasteiger partial charge in [0.2, 0.25) is 0 Å². The van der Waals surface area contributed by atoms with Crippen molar-refractivity contribution >= 4 is 46.2 Å². The molecule has 0 unspecified atom stereocenters. The number of hydrogen-bond donors (Lipinski definition) is 2. The molecule has 0 radical (unpaired) electrons. The molecule has 316 valence electrons. The van der Waals surface area contributed by atoms with E-state index < -0.39 is 11.9 Å². The third-order valence-electron chi connectivity index (χ3n) is 13.5. The monoisotopic (exact) mass is 852 g/mol. The van der Waals surface area contributed by atoms with E-state index in [1.54, 1.807) is 22.7 Å². The van der Waals surface area contributed by atoms with E-state index in [2.05, 4.69) is 34.1 Å². The molecule has 0 spiro atoms. The SMILES string of the molecule is CC[C@@H]1CCc2c(sc(CC(=O)C3=C(C(=O)O)CCC3)c2-c2nc(C3CC3)no2)C1.CC[C@H]1CCc2c(sc(CC(=O)C3=C(C(=O)O)CCC3)c2-c2nc(C3CC3)no2)C1. The summed E-state index contributed by atoms with van der Waals surface area (Å²) < 4.78 is 11.3. The molecule has 0 aromatic carbocycles. The first-order chi connectivity index (χ1) is 29.1. The summed E-state index contributed by atoms with van der Waals surface area (Å²) in [6.45, 7) is 4.46. The molecule has 0 saturated heterocycles. The van der Waals surface area contributed by atoms with Crippen LogP contribution in [0.1, 0.15) is 158 Å². The molecular formula is C46H52N4O8S2. The lowest BCUT2D eigenvalue weighted by molar-refractivity contribution is -0.133. The molecule has 0 aliphatic heterocycles. The Hall–Kier alpha value is -4.56. The number of carbonyl (C=O) groups is 4. The highest BCUT2D eigenvalue weighted by atomic mass is 32.1. The number of carbonyl (C=O) groups excluding carboxylic acids is 2. The first-order valence-corrected chi connectivity index (χ1v) is 23.6. The van der Waals surface area contributed by atoms with Gasteiger partial charge in [-0.05, 0) is 126 Å². The molecule has 60 heavy (non-hydrogen) atoms. The Labute approximate surface area is 356 Å². The minimum Gasteiger partial charge on any atom is -0.478 e. The Morgan fingerprint density at radius 2 is 0.983 bits per heavy atom. The molecule has 0 bridgehead atoms. The van der Waals surface area contributed by atoms with E-state index in [0.717, 1.165) is 122 Å². The van der Waals surface area contributed by atoms with Crippen molar-refractivity contribution in [3.63, 3.8) is 0 Å². The molecule has 2 saturated carbocycles. The molecule has 2 atom stereocenters. The second kappa shape index (κ2) is 17.1. The Bertz CT molecular complexity index is 2250. The van der Waals surface area contributed by atoms with Crippen molar-refractivity contribution in [1.29, 1.82) is 0 Å². The molecule has 4 aromatic heterocycles. The van der Waals surface area contributed by atoms with E-state index in [9.17, 15) is 29.4 Å². The minimum absolute atomic E-state index is 0.0706. The molecule has 14 heteroatoms. The zero-order chi connectivity index (χ0) is 41.7. The van der Waals surface area contributed by atoms with Gasteiger partial charge in [0, 0.05) is 66.5 Å². The van der Waals surface area contributed by atoms with Crippen LogP contribution in [0.5, 0.6) is 0 Å². The maximum absolute atomic E-state index is 13.1. The van der Waals surface area contributed by atoms with Crippen molar-refractivity contribution in [1.82, 2.24) is 20.3 Å². The third-order valence-corrected chi connectivity index (χ3v) is 16.0. The number of aliphatic carboxylic acids is 2. The lowest BCUT2D eigenvalue weighted by atomic mass is 9.85. The van der Waals surface area contributed by atoms with Gasteiger partial charge in [0.15, 0.2) is 23.2 Å². The third kappa shape index (κ3) is 8.25. The zero-order valence-electron chi connectivity index (χ0n) is 34.4. The largest absolute Gasteiger partial charge is 0.478 e. The minimum atomic E-state index is -0.960. The number of Topliss-reactive ketones (excluding diaryl/α,β-unsaturated/α-hetero) is 2. The van der Waals surface area contributed by atoms with E-state index in [4.69, 9.17) is 9.05 Å². The molecule has 0 amide bonds. The van der Waals surface area contributed by atoms with Gasteiger partial charge in [-0.25, -0.2) is 9.59 Å². The number of aromatic nitrogens is 4. The summed E-state index contributed by atoms with van der Waals surface area (Å²) in [6, 6.07) is 0. The summed E-state index contributed by atoms with van der Waals surface area (Å²) in [7, 11) is 0. The number of rotatable bonds is 14. The highest BCUT2D eigenvalue weighted by Crippen LogP contribution is 2.47. The molecule has 2 fully saturated rings. The number of carboxylic acids is 2. The molecule has 6 aliphatic carbocycles. The second-order valence-electron chi connectivity index (χ2n) is 17.5. The predicted octanol–water partition coefficient (Wildman–Crippen LogP) is 9.73. The number of nitrogens with zero attached hydrogens (tertiary/aromatic N) is 4. The van der Waals surface area contributed by atoms with Gasteiger partial charge >= 0.3 is 11.9 Å². The standard InChI is InChI=1S/2C23H26N2O4S/c2*1-2-12-6-9-16-18(10-12)30-19(11-17(26)14-4-3-5-15(14)23(27)28)20(16)22-24-21(25-29-22)13-7-8-13/h2*12-13H,2-11H2,1H3,(H,27,28)/t2*12-/m10/s1. The molecular weight excluding hydrogens is 801 g/mol. The summed E-state index contributed by atoms with van der Waals surface area (Å²) in [5.41, 5.74) is 6.01.